The zero-order chi connectivity index (χ0) is 18.4. The van der Waals surface area contributed by atoms with Gasteiger partial charge in [-0.05, 0) is 24.3 Å². The predicted molar refractivity (Wildman–Crippen MR) is 81.3 cm³/mol. The SMILES string of the molecule is CC1COc2c1cc(C(CN)C(F)(F)F)nc2-c1ccc(F)c(F)c1. The van der Waals surface area contributed by atoms with Gasteiger partial charge in [0.1, 0.15) is 17.4 Å². The van der Waals surface area contributed by atoms with Gasteiger partial charge < -0.3 is 10.5 Å². The van der Waals surface area contributed by atoms with Crippen molar-refractivity contribution in [1.29, 1.82) is 0 Å². The number of pyridine rings is 1. The third-order valence-corrected chi connectivity index (χ3v) is 4.21. The first-order chi connectivity index (χ1) is 11.7. The maximum Gasteiger partial charge on any atom is 0.398 e. The molecule has 1 aliphatic rings. The molecule has 1 aromatic heterocycles. The van der Waals surface area contributed by atoms with E-state index in [0.717, 1.165) is 12.1 Å². The molecular formula is C17H15F5N2O. The molecular weight excluding hydrogens is 343 g/mol. The quantitative estimate of drug-likeness (QED) is 0.840. The number of nitrogens with zero attached hydrogens (tertiary/aromatic N) is 1. The van der Waals surface area contributed by atoms with Gasteiger partial charge in [0.25, 0.3) is 0 Å². The van der Waals surface area contributed by atoms with E-state index >= 15 is 0 Å². The fourth-order valence-electron chi connectivity index (χ4n) is 2.83. The molecule has 0 aliphatic carbocycles. The average Bonchev–Trinajstić information content (AvgIpc) is 2.90. The van der Waals surface area contributed by atoms with Crippen molar-refractivity contribution in [2.24, 2.45) is 5.73 Å². The van der Waals surface area contributed by atoms with E-state index in [1.807, 2.05) is 0 Å². The van der Waals surface area contributed by atoms with Crippen LogP contribution in [0.4, 0.5) is 22.0 Å². The highest BCUT2D eigenvalue weighted by atomic mass is 19.4. The van der Waals surface area contributed by atoms with Crippen LogP contribution < -0.4 is 10.5 Å². The topological polar surface area (TPSA) is 48.1 Å². The fourth-order valence-corrected chi connectivity index (χ4v) is 2.83. The zero-order valence-corrected chi connectivity index (χ0v) is 13.2. The van der Waals surface area contributed by atoms with Crippen LogP contribution in [-0.4, -0.2) is 24.3 Å². The summed E-state index contributed by atoms with van der Waals surface area (Å²) in [6, 6.07) is 4.37. The van der Waals surface area contributed by atoms with Gasteiger partial charge in [-0.2, -0.15) is 13.2 Å². The molecule has 1 aliphatic heterocycles. The Morgan fingerprint density at radius 1 is 1.24 bits per heavy atom. The Balaban J connectivity index is 2.21. The minimum atomic E-state index is -4.57. The molecule has 0 radical (unpaired) electrons. The number of rotatable bonds is 3. The van der Waals surface area contributed by atoms with E-state index in [2.05, 4.69) is 4.98 Å². The first-order valence-electron chi connectivity index (χ1n) is 7.62. The summed E-state index contributed by atoms with van der Waals surface area (Å²) in [6.45, 7) is 1.41. The van der Waals surface area contributed by atoms with Crippen LogP contribution in [0.1, 0.15) is 30.0 Å². The van der Waals surface area contributed by atoms with E-state index in [9.17, 15) is 22.0 Å². The summed E-state index contributed by atoms with van der Waals surface area (Å²) >= 11 is 0. The van der Waals surface area contributed by atoms with Gasteiger partial charge in [0, 0.05) is 23.6 Å². The van der Waals surface area contributed by atoms with Crippen molar-refractivity contribution in [3.05, 3.63) is 47.2 Å². The second-order valence-electron chi connectivity index (χ2n) is 5.98. The van der Waals surface area contributed by atoms with Gasteiger partial charge in [0.15, 0.2) is 11.6 Å². The molecule has 3 rings (SSSR count). The summed E-state index contributed by atoms with van der Waals surface area (Å²) in [4.78, 5) is 4.04. The number of nitrogens with two attached hydrogens (primary N) is 1. The van der Waals surface area contributed by atoms with Crippen LogP contribution in [0, 0.1) is 11.6 Å². The van der Waals surface area contributed by atoms with Gasteiger partial charge >= 0.3 is 6.18 Å². The predicted octanol–water partition coefficient (Wildman–Crippen LogP) is 4.13. The van der Waals surface area contributed by atoms with Gasteiger partial charge in [0.2, 0.25) is 0 Å². The maximum absolute atomic E-state index is 13.6. The van der Waals surface area contributed by atoms with Crippen LogP contribution in [0.15, 0.2) is 24.3 Å². The lowest BCUT2D eigenvalue weighted by molar-refractivity contribution is -0.148. The van der Waals surface area contributed by atoms with Crippen molar-refractivity contribution in [3.63, 3.8) is 0 Å². The molecule has 0 saturated heterocycles. The highest BCUT2D eigenvalue weighted by Gasteiger charge is 2.42. The van der Waals surface area contributed by atoms with Crippen LogP contribution in [0.5, 0.6) is 5.75 Å². The highest BCUT2D eigenvalue weighted by molar-refractivity contribution is 5.70. The molecule has 0 spiro atoms. The van der Waals surface area contributed by atoms with E-state index in [1.54, 1.807) is 6.92 Å². The molecule has 8 heteroatoms. The van der Waals surface area contributed by atoms with Gasteiger partial charge in [-0.1, -0.05) is 6.92 Å². The summed E-state index contributed by atoms with van der Waals surface area (Å²) < 4.78 is 72.0. The smallest absolute Gasteiger partial charge is 0.398 e. The van der Waals surface area contributed by atoms with E-state index < -0.39 is 30.3 Å². The van der Waals surface area contributed by atoms with Gasteiger partial charge in [-0.15, -0.1) is 0 Å². The molecule has 2 unspecified atom stereocenters. The van der Waals surface area contributed by atoms with Crippen molar-refractivity contribution in [3.8, 4) is 17.0 Å². The third-order valence-electron chi connectivity index (χ3n) is 4.21. The molecule has 25 heavy (non-hydrogen) atoms. The van der Waals surface area contributed by atoms with Crippen molar-refractivity contribution >= 4 is 0 Å². The van der Waals surface area contributed by atoms with Crippen LogP contribution in [0.25, 0.3) is 11.3 Å². The lowest BCUT2D eigenvalue weighted by Crippen LogP contribution is -2.29. The molecule has 3 nitrogen and oxygen atoms in total. The molecule has 2 N–H and O–H groups in total. The Bertz CT molecular complexity index is 806. The summed E-state index contributed by atoms with van der Waals surface area (Å²) in [6.07, 6.45) is -4.57. The number of halogens is 5. The van der Waals surface area contributed by atoms with E-state index in [-0.39, 0.29) is 29.5 Å². The molecule has 0 amide bonds. The standard InChI is InChI=1S/C17H15F5N2O/c1-8-7-25-16-10(8)5-14(11(6-23)17(20,21)22)24-15(16)9-2-3-12(18)13(19)4-9/h2-5,8,11H,6-7,23H2,1H3. The van der Waals surface area contributed by atoms with Crippen LogP contribution >= 0.6 is 0 Å². The Hall–Kier alpha value is -2.22. The minimum absolute atomic E-state index is 0.0541. The fraction of sp³-hybridized carbons (Fsp3) is 0.353. The Labute approximate surface area is 140 Å². The second-order valence-corrected chi connectivity index (χ2v) is 5.98. The van der Waals surface area contributed by atoms with E-state index in [4.69, 9.17) is 10.5 Å². The molecule has 2 aromatic rings. The number of hydrogen-bond donors (Lipinski definition) is 1. The Morgan fingerprint density at radius 2 is 1.96 bits per heavy atom. The normalized spacial score (nSPS) is 18.0. The van der Waals surface area contributed by atoms with Crippen LogP contribution in [-0.2, 0) is 0 Å². The monoisotopic (exact) mass is 358 g/mol. The van der Waals surface area contributed by atoms with Crippen LogP contribution in [0.3, 0.4) is 0 Å². The molecule has 0 saturated carbocycles. The summed E-state index contributed by atoms with van der Waals surface area (Å²) in [7, 11) is 0. The lowest BCUT2D eigenvalue weighted by atomic mass is 9.95. The zero-order valence-electron chi connectivity index (χ0n) is 13.2. The molecule has 0 bridgehead atoms. The number of hydrogen-bond acceptors (Lipinski definition) is 3. The van der Waals surface area contributed by atoms with Gasteiger partial charge in [-0.25, -0.2) is 13.8 Å². The van der Waals surface area contributed by atoms with E-state index in [0.29, 0.717) is 11.3 Å². The second kappa shape index (κ2) is 6.25. The van der Waals surface area contributed by atoms with Gasteiger partial charge in [-0.3, -0.25) is 0 Å². The molecule has 134 valence electrons. The number of benzene rings is 1. The molecule has 2 heterocycles. The average molecular weight is 358 g/mol. The minimum Gasteiger partial charge on any atom is -0.490 e. The Kier molecular flexibility index (Phi) is 4.40. The largest absolute Gasteiger partial charge is 0.490 e. The van der Waals surface area contributed by atoms with Crippen molar-refractivity contribution < 1.29 is 26.7 Å². The number of fused-ring (bicyclic) bond motifs is 1. The Morgan fingerprint density at radius 3 is 2.56 bits per heavy atom. The molecule has 0 fully saturated rings. The van der Waals surface area contributed by atoms with Crippen molar-refractivity contribution in [1.82, 2.24) is 4.98 Å². The summed E-state index contributed by atoms with van der Waals surface area (Å²) in [5, 5.41) is 0. The lowest BCUT2D eigenvalue weighted by Gasteiger charge is -2.20. The number of aromatic nitrogens is 1. The number of alkyl halides is 3. The van der Waals surface area contributed by atoms with Crippen molar-refractivity contribution in [2.45, 2.75) is 24.9 Å². The number of ether oxygens (including phenoxy) is 1. The third kappa shape index (κ3) is 3.18. The van der Waals surface area contributed by atoms with Gasteiger partial charge in [0.05, 0.1) is 12.3 Å². The maximum atomic E-state index is 13.6. The van der Waals surface area contributed by atoms with Crippen molar-refractivity contribution in [2.75, 3.05) is 13.2 Å². The van der Waals surface area contributed by atoms with Crippen LogP contribution in [0.2, 0.25) is 0 Å². The highest BCUT2D eigenvalue weighted by Crippen LogP contribution is 2.44. The first kappa shape index (κ1) is 17.6. The molecule has 2 atom stereocenters. The summed E-state index contributed by atoms with van der Waals surface area (Å²) in [5.74, 6) is -3.97. The first-order valence-corrected chi connectivity index (χ1v) is 7.62. The summed E-state index contributed by atoms with van der Waals surface area (Å²) in [5.41, 5.74) is 5.79. The van der Waals surface area contributed by atoms with E-state index in [1.165, 1.54) is 12.1 Å². The molecule has 1 aromatic carbocycles.